The third-order valence-corrected chi connectivity index (χ3v) is 4.20. The van der Waals surface area contributed by atoms with Crippen molar-refractivity contribution in [2.24, 2.45) is 5.10 Å². The monoisotopic (exact) mass is 352 g/mol. The van der Waals surface area contributed by atoms with Crippen molar-refractivity contribution in [3.8, 4) is 5.75 Å². The van der Waals surface area contributed by atoms with Gasteiger partial charge < -0.3 is 4.74 Å². The summed E-state index contributed by atoms with van der Waals surface area (Å²) in [6.45, 7) is 8.92. The third-order valence-electron chi connectivity index (χ3n) is 4.20. The van der Waals surface area contributed by atoms with Crippen molar-refractivity contribution in [2.45, 2.75) is 47.0 Å². The Morgan fingerprint density at radius 1 is 0.962 bits per heavy atom. The van der Waals surface area contributed by atoms with Gasteiger partial charge in [0.15, 0.2) is 0 Å². The molecule has 2 aromatic carbocycles. The van der Waals surface area contributed by atoms with E-state index in [1.807, 2.05) is 6.92 Å². The lowest BCUT2D eigenvalue weighted by molar-refractivity contribution is 0.0955. The number of nitrogens with zero attached hydrogens (tertiary/aromatic N) is 1. The number of carbonyl (C=O) groups excluding carboxylic acids is 1. The smallest absolute Gasteiger partial charge is 0.271 e. The maximum atomic E-state index is 12.3. The molecule has 0 aliphatic rings. The fraction of sp³-hybridized carbons (Fsp3) is 0.364. The molecule has 0 spiro atoms. The van der Waals surface area contributed by atoms with Crippen LogP contribution in [0.15, 0.2) is 47.6 Å². The molecule has 0 aromatic heterocycles. The van der Waals surface area contributed by atoms with Crippen LogP contribution in [0.25, 0.3) is 0 Å². The van der Waals surface area contributed by atoms with Gasteiger partial charge in [0.2, 0.25) is 0 Å². The Morgan fingerprint density at radius 2 is 1.58 bits per heavy atom. The lowest BCUT2D eigenvalue weighted by Gasteiger charge is -2.08. The van der Waals surface area contributed by atoms with E-state index in [1.54, 1.807) is 24.3 Å². The van der Waals surface area contributed by atoms with E-state index in [1.165, 1.54) is 11.1 Å². The molecular formula is C22H28N2O2. The van der Waals surface area contributed by atoms with Crippen molar-refractivity contribution in [3.05, 3.63) is 64.7 Å². The molecule has 0 bridgehead atoms. The van der Waals surface area contributed by atoms with E-state index >= 15 is 0 Å². The number of nitrogens with one attached hydrogen (secondary N) is 1. The first-order valence-corrected chi connectivity index (χ1v) is 9.28. The highest BCUT2D eigenvalue weighted by Crippen LogP contribution is 2.14. The van der Waals surface area contributed by atoms with Crippen molar-refractivity contribution in [1.82, 2.24) is 5.43 Å². The lowest BCUT2D eigenvalue weighted by Crippen LogP contribution is -2.19. The predicted octanol–water partition coefficient (Wildman–Crippen LogP) is 4.75. The summed E-state index contributed by atoms with van der Waals surface area (Å²) in [6.07, 6.45) is 2.91. The van der Waals surface area contributed by atoms with Crippen LogP contribution in [0.2, 0.25) is 0 Å². The Morgan fingerprint density at radius 3 is 2.12 bits per heavy atom. The predicted molar refractivity (Wildman–Crippen MR) is 107 cm³/mol. The number of hydrazone groups is 1. The zero-order valence-electron chi connectivity index (χ0n) is 16.1. The van der Waals surface area contributed by atoms with Gasteiger partial charge in [-0.15, -0.1) is 0 Å². The normalized spacial score (nSPS) is 11.3. The molecule has 0 atom stereocenters. The van der Waals surface area contributed by atoms with E-state index < -0.39 is 0 Å². The number of hydrogen-bond acceptors (Lipinski definition) is 3. The summed E-state index contributed by atoms with van der Waals surface area (Å²) in [5.74, 6) is 0.542. The van der Waals surface area contributed by atoms with Crippen LogP contribution in [0.4, 0.5) is 0 Å². The number of aryl methyl sites for hydroxylation is 2. The second kappa shape index (κ2) is 9.76. The van der Waals surface area contributed by atoms with Gasteiger partial charge in [-0.25, -0.2) is 5.43 Å². The zero-order chi connectivity index (χ0) is 18.9. The molecule has 0 saturated carbocycles. The minimum atomic E-state index is -0.228. The number of hydrogen-bond donors (Lipinski definition) is 1. The van der Waals surface area contributed by atoms with Crippen LogP contribution in [-0.2, 0) is 12.8 Å². The average Bonchev–Trinajstić information content (AvgIpc) is 2.69. The molecule has 0 unspecified atom stereocenters. The highest BCUT2D eigenvalue weighted by molar-refractivity contribution is 6.01. The third kappa shape index (κ3) is 5.45. The first-order valence-electron chi connectivity index (χ1n) is 9.28. The summed E-state index contributed by atoms with van der Waals surface area (Å²) in [5, 5.41) is 4.28. The second-order valence-electron chi connectivity index (χ2n) is 6.26. The molecule has 0 fully saturated rings. The van der Waals surface area contributed by atoms with Crippen LogP contribution in [0.5, 0.6) is 5.75 Å². The van der Waals surface area contributed by atoms with Crippen LogP contribution in [-0.4, -0.2) is 18.2 Å². The van der Waals surface area contributed by atoms with Crippen molar-refractivity contribution in [1.29, 1.82) is 0 Å². The van der Waals surface area contributed by atoms with Crippen LogP contribution in [0.3, 0.4) is 0 Å². The average molecular weight is 352 g/mol. The standard InChI is InChI=1S/C22H28N2O2/c1-5-12-26-21-10-8-19(9-11-21)22(25)24-23-16(4)20-14-17(6-2)13-18(7-3)15-20/h8-11,13-15H,5-7,12H2,1-4H3,(H,24,25)/b23-16+. The molecule has 4 nitrogen and oxygen atoms in total. The van der Waals surface area contributed by atoms with Crippen LogP contribution in [0.1, 0.15) is 61.2 Å². The Kier molecular flexibility index (Phi) is 7.39. The number of rotatable bonds is 8. The van der Waals surface area contributed by atoms with Gasteiger partial charge in [-0.2, -0.15) is 5.10 Å². The van der Waals surface area contributed by atoms with Gasteiger partial charge in [-0.05, 0) is 79.3 Å². The largest absolute Gasteiger partial charge is 0.494 e. The summed E-state index contributed by atoms with van der Waals surface area (Å²) in [5.41, 5.74) is 7.60. The van der Waals surface area contributed by atoms with Crippen molar-refractivity contribution >= 4 is 11.6 Å². The zero-order valence-corrected chi connectivity index (χ0v) is 16.1. The lowest BCUT2D eigenvalue weighted by atomic mass is 10.0. The van der Waals surface area contributed by atoms with Crippen molar-refractivity contribution in [3.63, 3.8) is 0 Å². The second-order valence-corrected chi connectivity index (χ2v) is 6.26. The van der Waals surface area contributed by atoms with E-state index in [4.69, 9.17) is 4.74 Å². The maximum absolute atomic E-state index is 12.3. The fourth-order valence-electron chi connectivity index (χ4n) is 2.57. The summed E-state index contributed by atoms with van der Waals surface area (Å²) in [4.78, 5) is 12.3. The Labute approximate surface area is 156 Å². The SMILES string of the molecule is CCCOc1ccc(C(=O)N/N=C(\C)c2cc(CC)cc(CC)c2)cc1. The Hall–Kier alpha value is -2.62. The van der Waals surface area contributed by atoms with E-state index in [-0.39, 0.29) is 5.91 Å². The van der Waals surface area contributed by atoms with Crippen molar-refractivity contribution < 1.29 is 9.53 Å². The summed E-state index contributed by atoms with van der Waals surface area (Å²) < 4.78 is 5.53. The number of carbonyl (C=O) groups is 1. The molecular weight excluding hydrogens is 324 g/mol. The minimum Gasteiger partial charge on any atom is -0.494 e. The molecule has 1 amide bonds. The van der Waals surface area contributed by atoms with Gasteiger partial charge in [0.1, 0.15) is 5.75 Å². The van der Waals surface area contributed by atoms with Gasteiger partial charge in [-0.3, -0.25) is 4.79 Å². The van der Waals surface area contributed by atoms with Crippen LogP contribution in [0, 0.1) is 0 Å². The molecule has 0 aliphatic heterocycles. The Bertz CT molecular complexity index is 742. The topological polar surface area (TPSA) is 50.7 Å². The van der Waals surface area contributed by atoms with Crippen molar-refractivity contribution in [2.75, 3.05) is 6.61 Å². The summed E-state index contributed by atoms with van der Waals surface area (Å²) >= 11 is 0. The van der Waals surface area contributed by atoms with Gasteiger partial charge in [-0.1, -0.05) is 26.8 Å². The first kappa shape index (κ1) is 19.7. The van der Waals surface area contributed by atoms with Crippen LogP contribution >= 0.6 is 0 Å². The molecule has 2 aromatic rings. The van der Waals surface area contributed by atoms with Gasteiger partial charge >= 0.3 is 0 Å². The molecule has 138 valence electrons. The molecule has 4 heteroatoms. The molecule has 0 heterocycles. The molecule has 26 heavy (non-hydrogen) atoms. The van der Waals surface area contributed by atoms with Crippen LogP contribution < -0.4 is 10.2 Å². The highest BCUT2D eigenvalue weighted by atomic mass is 16.5. The van der Waals surface area contributed by atoms with E-state index in [0.717, 1.165) is 36.3 Å². The molecule has 1 N–H and O–H groups in total. The van der Waals surface area contributed by atoms with E-state index in [2.05, 4.69) is 49.5 Å². The highest BCUT2D eigenvalue weighted by Gasteiger charge is 2.07. The molecule has 2 rings (SSSR count). The van der Waals surface area contributed by atoms with Gasteiger partial charge in [0, 0.05) is 5.56 Å². The Balaban J connectivity index is 2.07. The molecule has 0 saturated heterocycles. The molecule has 0 radical (unpaired) electrons. The fourth-order valence-corrected chi connectivity index (χ4v) is 2.57. The van der Waals surface area contributed by atoms with Gasteiger partial charge in [0.05, 0.1) is 12.3 Å². The summed E-state index contributed by atoms with van der Waals surface area (Å²) in [7, 11) is 0. The minimum absolute atomic E-state index is 0.228. The van der Waals surface area contributed by atoms with E-state index in [9.17, 15) is 4.79 Å². The summed E-state index contributed by atoms with van der Waals surface area (Å²) in [6, 6.07) is 13.6. The number of ether oxygens (including phenoxy) is 1. The molecule has 0 aliphatic carbocycles. The first-order chi connectivity index (χ1) is 12.6. The van der Waals surface area contributed by atoms with E-state index in [0.29, 0.717) is 12.2 Å². The quantitative estimate of drug-likeness (QED) is 0.550. The number of amides is 1. The number of benzene rings is 2. The maximum Gasteiger partial charge on any atom is 0.271 e. The van der Waals surface area contributed by atoms with Gasteiger partial charge in [0.25, 0.3) is 5.91 Å².